The molecule has 26 heavy (non-hydrogen) atoms. The van der Waals surface area contributed by atoms with E-state index in [9.17, 15) is 9.90 Å². The third-order valence-corrected chi connectivity index (χ3v) is 5.22. The van der Waals surface area contributed by atoms with Crippen molar-refractivity contribution in [1.29, 1.82) is 0 Å². The Morgan fingerprint density at radius 1 is 1.27 bits per heavy atom. The lowest BCUT2D eigenvalue weighted by molar-refractivity contribution is 0.0696. The average molecular weight is 347 g/mol. The van der Waals surface area contributed by atoms with Gasteiger partial charge in [0, 0.05) is 11.6 Å². The number of allylic oxidation sites excluding steroid dienone is 2. The Balaban J connectivity index is 1.65. The maximum atomic E-state index is 11.3. The predicted octanol–water partition coefficient (Wildman–Crippen LogP) is 4.78. The lowest BCUT2D eigenvalue weighted by atomic mass is 9.76. The van der Waals surface area contributed by atoms with Crippen LogP contribution in [0, 0.1) is 5.92 Å². The molecule has 4 nitrogen and oxygen atoms in total. The number of hydrogen-bond donors (Lipinski definition) is 2. The maximum Gasteiger partial charge on any atom is 0.335 e. The van der Waals surface area contributed by atoms with Crippen LogP contribution in [0.4, 0.5) is 5.69 Å². The number of hydrogen-bond acceptors (Lipinski definition) is 3. The summed E-state index contributed by atoms with van der Waals surface area (Å²) in [5.74, 6) is 0.569. The summed E-state index contributed by atoms with van der Waals surface area (Å²) in [5, 5.41) is 12.9. The van der Waals surface area contributed by atoms with Crippen molar-refractivity contribution >= 4 is 11.7 Å². The van der Waals surface area contributed by atoms with Gasteiger partial charge in [0.15, 0.2) is 0 Å². The molecule has 1 heterocycles. The molecule has 0 saturated carbocycles. The Labute approximate surface area is 152 Å². The molecule has 2 aromatic rings. The lowest BCUT2D eigenvalue weighted by Gasteiger charge is -2.37. The van der Waals surface area contributed by atoms with Crippen molar-refractivity contribution in [3.8, 4) is 5.75 Å². The number of aromatic carboxylic acids is 1. The molecule has 0 amide bonds. The van der Waals surface area contributed by atoms with Crippen LogP contribution in [0.3, 0.4) is 0 Å². The third-order valence-electron chi connectivity index (χ3n) is 5.22. The first kappa shape index (κ1) is 16.5. The molecule has 0 bridgehead atoms. The molecule has 1 aliphatic carbocycles. The first-order valence-corrected chi connectivity index (χ1v) is 8.81. The smallest absolute Gasteiger partial charge is 0.335 e. The van der Waals surface area contributed by atoms with Gasteiger partial charge in [0.25, 0.3) is 0 Å². The summed E-state index contributed by atoms with van der Waals surface area (Å²) in [6, 6.07) is 13.7. The van der Waals surface area contributed by atoms with E-state index in [4.69, 9.17) is 4.74 Å². The van der Waals surface area contributed by atoms with Crippen LogP contribution < -0.4 is 10.1 Å². The molecule has 0 aromatic heterocycles. The molecule has 2 aliphatic rings. The van der Waals surface area contributed by atoms with Gasteiger partial charge in [-0.3, -0.25) is 0 Å². The zero-order valence-corrected chi connectivity index (χ0v) is 14.4. The van der Waals surface area contributed by atoms with Crippen molar-refractivity contribution in [2.24, 2.45) is 5.92 Å². The first-order valence-electron chi connectivity index (χ1n) is 8.81. The molecule has 0 fully saturated rings. The number of benzene rings is 2. The molecule has 0 saturated heterocycles. The van der Waals surface area contributed by atoms with Crippen molar-refractivity contribution in [3.63, 3.8) is 0 Å². The zero-order chi connectivity index (χ0) is 18.1. The van der Waals surface area contributed by atoms with Crippen LogP contribution in [0.2, 0.25) is 0 Å². The van der Waals surface area contributed by atoms with Crippen molar-refractivity contribution in [2.75, 3.05) is 11.9 Å². The standard InChI is InChI=1S/C22H21NO3/c1-2-12-26-16-9-6-14(7-10-16)21-18-5-3-4-17(18)19-13-15(22(24)25)8-11-20(19)23-21/h2-4,6-11,13,17-18,21,23H,1,5,12H2,(H,24,25)/t17-,18+,21-/m0/s1. The molecule has 0 spiro atoms. The Hall–Kier alpha value is -3.01. The van der Waals surface area contributed by atoms with Gasteiger partial charge >= 0.3 is 5.97 Å². The van der Waals surface area contributed by atoms with E-state index in [1.807, 2.05) is 18.2 Å². The van der Waals surface area contributed by atoms with Crippen molar-refractivity contribution < 1.29 is 14.6 Å². The molecule has 2 N–H and O–H groups in total. The highest BCUT2D eigenvalue weighted by Crippen LogP contribution is 2.50. The van der Waals surface area contributed by atoms with Gasteiger partial charge < -0.3 is 15.2 Å². The number of carbonyl (C=O) groups is 1. The lowest BCUT2D eigenvalue weighted by Crippen LogP contribution is -2.29. The number of carboxylic acids is 1. The minimum atomic E-state index is -0.886. The molecule has 0 unspecified atom stereocenters. The summed E-state index contributed by atoms with van der Waals surface area (Å²) in [6.07, 6.45) is 7.13. The van der Waals surface area contributed by atoms with Gasteiger partial charge in [-0.1, -0.05) is 36.9 Å². The summed E-state index contributed by atoms with van der Waals surface area (Å²) in [7, 11) is 0. The highest BCUT2D eigenvalue weighted by molar-refractivity contribution is 5.89. The summed E-state index contributed by atoms with van der Waals surface area (Å²) >= 11 is 0. The second kappa shape index (κ2) is 6.71. The van der Waals surface area contributed by atoms with Gasteiger partial charge in [0.05, 0.1) is 11.6 Å². The molecule has 1 aliphatic heterocycles. The monoisotopic (exact) mass is 347 g/mol. The van der Waals surface area contributed by atoms with Gasteiger partial charge in [0.1, 0.15) is 12.4 Å². The molecular formula is C22H21NO3. The topological polar surface area (TPSA) is 58.6 Å². The van der Waals surface area contributed by atoms with E-state index in [-0.39, 0.29) is 12.0 Å². The predicted molar refractivity (Wildman–Crippen MR) is 102 cm³/mol. The van der Waals surface area contributed by atoms with E-state index in [0.29, 0.717) is 18.1 Å². The van der Waals surface area contributed by atoms with Crippen LogP contribution in [0.25, 0.3) is 0 Å². The molecule has 4 rings (SSSR count). The van der Waals surface area contributed by atoms with Crippen LogP contribution >= 0.6 is 0 Å². The molecule has 4 heteroatoms. The number of anilines is 1. The van der Waals surface area contributed by atoms with Crippen molar-refractivity contribution in [1.82, 2.24) is 0 Å². The highest BCUT2D eigenvalue weighted by atomic mass is 16.5. The first-order chi connectivity index (χ1) is 12.7. The fourth-order valence-corrected chi connectivity index (χ4v) is 3.98. The molecule has 3 atom stereocenters. The van der Waals surface area contributed by atoms with E-state index >= 15 is 0 Å². The summed E-state index contributed by atoms with van der Waals surface area (Å²) in [6.45, 7) is 4.16. The fraction of sp³-hybridized carbons (Fsp3) is 0.227. The van der Waals surface area contributed by atoms with E-state index in [1.54, 1.807) is 18.2 Å². The van der Waals surface area contributed by atoms with Gasteiger partial charge in [-0.05, 0) is 53.8 Å². The molecular weight excluding hydrogens is 326 g/mol. The fourth-order valence-electron chi connectivity index (χ4n) is 3.98. The van der Waals surface area contributed by atoms with Gasteiger partial charge in [-0.2, -0.15) is 0 Å². The normalized spacial score (nSPS) is 22.8. The number of fused-ring (bicyclic) bond motifs is 3. The van der Waals surface area contributed by atoms with Gasteiger partial charge in [-0.25, -0.2) is 4.79 Å². The largest absolute Gasteiger partial charge is 0.490 e. The maximum absolute atomic E-state index is 11.3. The quantitative estimate of drug-likeness (QED) is 0.765. The zero-order valence-electron chi connectivity index (χ0n) is 14.4. The molecule has 132 valence electrons. The second-order valence-electron chi connectivity index (χ2n) is 6.75. The summed E-state index contributed by atoms with van der Waals surface area (Å²) in [5.41, 5.74) is 3.64. The van der Waals surface area contributed by atoms with Crippen LogP contribution in [0.1, 0.15) is 39.9 Å². The average Bonchev–Trinajstić information content (AvgIpc) is 3.16. The van der Waals surface area contributed by atoms with E-state index in [0.717, 1.165) is 23.4 Å². The van der Waals surface area contributed by atoms with Gasteiger partial charge in [0.2, 0.25) is 0 Å². The minimum Gasteiger partial charge on any atom is -0.490 e. The number of nitrogens with one attached hydrogen (secondary N) is 1. The number of ether oxygens (including phenoxy) is 1. The summed E-state index contributed by atoms with van der Waals surface area (Å²) < 4.78 is 5.57. The van der Waals surface area contributed by atoms with E-state index < -0.39 is 5.97 Å². The Bertz CT molecular complexity index is 869. The van der Waals surface area contributed by atoms with E-state index in [1.165, 1.54) is 5.56 Å². The van der Waals surface area contributed by atoms with Crippen LogP contribution in [0.15, 0.2) is 67.3 Å². The minimum absolute atomic E-state index is 0.187. The number of rotatable bonds is 5. The second-order valence-corrected chi connectivity index (χ2v) is 6.75. The Kier molecular flexibility index (Phi) is 4.25. The van der Waals surface area contributed by atoms with Crippen LogP contribution in [-0.4, -0.2) is 17.7 Å². The Morgan fingerprint density at radius 3 is 2.81 bits per heavy atom. The number of carboxylic acid groups (broad SMARTS) is 1. The van der Waals surface area contributed by atoms with Crippen LogP contribution in [-0.2, 0) is 0 Å². The highest BCUT2D eigenvalue weighted by Gasteiger charge is 2.38. The summed E-state index contributed by atoms with van der Waals surface area (Å²) in [4.78, 5) is 11.3. The van der Waals surface area contributed by atoms with Crippen LogP contribution in [0.5, 0.6) is 5.75 Å². The third kappa shape index (κ3) is 2.88. The molecule has 2 aromatic carbocycles. The Morgan fingerprint density at radius 2 is 2.08 bits per heavy atom. The van der Waals surface area contributed by atoms with E-state index in [2.05, 4.69) is 36.2 Å². The SMILES string of the molecule is C=CCOc1ccc([C@@H]2Nc3ccc(C(=O)O)cc3[C@H]3C=CC[C@H]32)cc1. The molecule has 0 radical (unpaired) electrons. The van der Waals surface area contributed by atoms with Crippen molar-refractivity contribution in [2.45, 2.75) is 18.4 Å². The van der Waals surface area contributed by atoms with Crippen molar-refractivity contribution in [3.05, 3.63) is 84.0 Å². The van der Waals surface area contributed by atoms with Gasteiger partial charge in [-0.15, -0.1) is 0 Å².